The SMILES string of the molecule is CCCCn1ncnc1Cc1ccc(-c2ccncc2-c2nn[nH]n2)cc1. The van der Waals surface area contributed by atoms with Crippen LogP contribution in [0.5, 0.6) is 0 Å². The van der Waals surface area contributed by atoms with Gasteiger partial charge in [-0.3, -0.25) is 4.98 Å². The fourth-order valence-corrected chi connectivity index (χ4v) is 3.00. The maximum atomic E-state index is 4.41. The van der Waals surface area contributed by atoms with Crippen LogP contribution in [0, 0.1) is 0 Å². The van der Waals surface area contributed by atoms with Crippen LogP contribution in [-0.4, -0.2) is 40.4 Å². The molecule has 0 atom stereocenters. The van der Waals surface area contributed by atoms with Gasteiger partial charge in [-0.15, -0.1) is 10.2 Å². The number of aromatic amines is 1. The van der Waals surface area contributed by atoms with E-state index in [9.17, 15) is 0 Å². The van der Waals surface area contributed by atoms with E-state index in [4.69, 9.17) is 0 Å². The van der Waals surface area contributed by atoms with Crippen LogP contribution in [-0.2, 0) is 13.0 Å². The lowest BCUT2D eigenvalue weighted by molar-refractivity contribution is 0.550. The topological polar surface area (TPSA) is 98.1 Å². The van der Waals surface area contributed by atoms with E-state index in [-0.39, 0.29) is 0 Å². The van der Waals surface area contributed by atoms with E-state index in [0.717, 1.165) is 48.3 Å². The Bertz CT molecular complexity index is 989. The third kappa shape index (κ3) is 3.74. The highest BCUT2D eigenvalue weighted by molar-refractivity contribution is 5.79. The molecule has 0 aliphatic heterocycles. The van der Waals surface area contributed by atoms with Crippen molar-refractivity contribution >= 4 is 0 Å². The minimum absolute atomic E-state index is 0.534. The zero-order valence-electron chi connectivity index (χ0n) is 15.1. The Morgan fingerprint density at radius 2 is 1.96 bits per heavy atom. The molecule has 0 aliphatic rings. The summed E-state index contributed by atoms with van der Waals surface area (Å²) in [6.07, 6.45) is 8.16. The number of pyridine rings is 1. The summed E-state index contributed by atoms with van der Waals surface area (Å²) in [7, 11) is 0. The molecule has 0 radical (unpaired) electrons. The Morgan fingerprint density at radius 1 is 1.07 bits per heavy atom. The molecule has 136 valence electrons. The minimum Gasteiger partial charge on any atom is -0.264 e. The van der Waals surface area contributed by atoms with Gasteiger partial charge in [0.15, 0.2) is 0 Å². The van der Waals surface area contributed by atoms with Crippen molar-refractivity contribution in [1.82, 2.24) is 40.4 Å². The third-order valence-corrected chi connectivity index (χ3v) is 4.45. The lowest BCUT2D eigenvalue weighted by Crippen LogP contribution is -2.06. The van der Waals surface area contributed by atoms with Gasteiger partial charge >= 0.3 is 0 Å². The monoisotopic (exact) mass is 360 g/mol. The second kappa shape index (κ2) is 7.86. The molecule has 3 aromatic heterocycles. The van der Waals surface area contributed by atoms with Crippen LogP contribution >= 0.6 is 0 Å². The minimum atomic E-state index is 0.534. The summed E-state index contributed by atoms with van der Waals surface area (Å²) in [6.45, 7) is 3.09. The number of nitrogens with one attached hydrogen (secondary N) is 1. The molecule has 0 aliphatic carbocycles. The summed E-state index contributed by atoms with van der Waals surface area (Å²) >= 11 is 0. The number of H-pyrrole nitrogens is 1. The molecule has 8 nitrogen and oxygen atoms in total. The second-order valence-electron chi connectivity index (χ2n) is 6.28. The van der Waals surface area contributed by atoms with E-state index >= 15 is 0 Å². The van der Waals surface area contributed by atoms with Gasteiger partial charge < -0.3 is 0 Å². The smallest absolute Gasteiger partial charge is 0.206 e. The van der Waals surface area contributed by atoms with Gasteiger partial charge in [0, 0.05) is 30.9 Å². The molecule has 0 amide bonds. The van der Waals surface area contributed by atoms with E-state index in [1.807, 2.05) is 10.7 Å². The van der Waals surface area contributed by atoms with Gasteiger partial charge in [0.1, 0.15) is 12.2 Å². The molecule has 0 spiro atoms. The average Bonchev–Trinajstić information content (AvgIpc) is 3.39. The maximum Gasteiger partial charge on any atom is 0.206 e. The number of benzene rings is 1. The number of tetrazole rings is 1. The number of hydrogen-bond donors (Lipinski definition) is 1. The Morgan fingerprint density at radius 3 is 2.74 bits per heavy atom. The van der Waals surface area contributed by atoms with Crippen molar-refractivity contribution in [3.8, 4) is 22.5 Å². The van der Waals surface area contributed by atoms with Crippen LogP contribution in [0.3, 0.4) is 0 Å². The van der Waals surface area contributed by atoms with Crippen LogP contribution in [0.2, 0.25) is 0 Å². The lowest BCUT2D eigenvalue weighted by atomic mass is 9.99. The van der Waals surface area contributed by atoms with Crippen molar-refractivity contribution in [2.24, 2.45) is 0 Å². The van der Waals surface area contributed by atoms with Crippen molar-refractivity contribution in [2.45, 2.75) is 32.7 Å². The van der Waals surface area contributed by atoms with Gasteiger partial charge in [0.05, 0.1) is 0 Å². The molecule has 0 saturated heterocycles. The second-order valence-corrected chi connectivity index (χ2v) is 6.28. The predicted molar refractivity (Wildman–Crippen MR) is 101 cm³/mol. The number of aromatic nitrogens is 8. The number of rotatable bonds is 7. The maximum absolute atomic E-state index is 4.41. The van der Waals surface area contributed by atoms with Gasteiger partial charge in [-0.05, 0) is 34.4 Å². The molecule has 1 aromatic carbocycles. The molecule has 8 heteroatoms. The summed E-state index contributed by atoms with van der Waals surface area (Å²) in [6, 6.07) is 10.4. The first-order valence-electron chi connectivity index (χ1n) is 8.99. The molecule has 1 N–H and O–H groups in total. The van der Waals surface area contributed by atoms with E-state index < -0.39 is 0 Å². The standard InChI is InChI=1S/C19H20N8/c1-2-3-10-27-18(21-13-22-27)11-14-4-6-15(7-5-14)16-8-9-20-12-17(16)19-23-25-26-24-19/h4-9,12-13H,2-3,10-11H2,1H3,(H,23,24,25,26). The van der Waals surface area contributed by atoms with Crippen molar-refractivity contribution in [3.05, 3.63) is 60.4 Å². The lowest BCUT2D eigenvalue weighted by Gasteiger charge is -2.08. The van der Waals surface area contributed by atoms with Crippen molar-refractivity contribution in [2.75, 3.05) is 0 Å². The van der Waals surface area contributed by atoms with Crippen molar-refractivity contribution in [3.63, 3.8) is 0 Å². The highest BCUT2D eigenvalue weighted by atomic mass is 15.5. The van der Waals surface area contributed by atoms with E-state index in [1.54, 1.807) is 18.7 Å². The first-order valence-corrected chi connectivity index (χ1v) is 8.99. The number of unbranched alkanes of at least 4 members (excludes halogenated alkanes) is 1. The van der Waals surface area contributed by atoms with Crippen LogP contribution in [0.15, 0.2) is 49.1 Å². The molecule has 0 bridgehead atoms. The van der Waals surface area contributed by atoms with E-state index in [2.05, 4.69) is 66.9 Å². The van der Waals surface area contributed by atoms with Crippen molar-refractivity contribution < 1.29 is 0 Å². The van der Waals surface area contributed by atoms with Crippen LogP contribution < -0.4 is 0 Å². The van der Waals surface area contributed by atoms with Crippen LogP contribution in [0.4, 0.5) is 0 Å². The Balaban J connectivity index is 1.57. The number of aryl methyl sites for hydroxylation is 1. The fraction of sp³-hybridized carbons (Fsp3) is 0.263. The molecular weight excluding hydrogens is 340 g/mol. The molecule has 4 aromatic rings. The third-order valence-electron chi connectivity index (χ3n) is 4.45. The molecule has 0 saturated carbocycles. The zero-order chi connectivity index (χ0) is 18.5. The summed E-state index contributed by atoms with van der Waals surface area (Å²) in [5.74, 6) is 1.53. The highest BCUT2D eigenvalue weighted by Crippen LogP contribution is 2.29. The molecule has 0 unspecified atom stereocenters. The van der Waals surface area contributed by atoms with Crippen LogP contribution in [0.1, 0.15) is 31.2 Å². The fourth-order valence-electron chi connectivity index (χ4n) is 3.00. The number of nitrogens with zero attached hydrogens (tertiary/aromatic N) is 7. The first kappa shape index (κ1) is 17.0. The zero-order valence-corrected chi connectivity index (χ0v) is 15.1. The van der Waals surface area contributed by atoms with Gasteiger partial charge in [-0.2, -0.15) is 10.3 Å². The predicted octanol–water partition coefficient (Wildman–Crippen LogP) is 2.91. The van der Waals surface area contributed by atoms with Gasteiger partial charge in [0.2, 0.25) is 5.82 Å². The summed E-state index contributed by atoms with van der Waals surface area (Å²) in [4.78, 5) is 8.60. The quantitative estimate of drug-likeness (QED) is 0.544. The molecule has 4 rings (SSSR count). The van der Waals surface area contributed by atoms with E-state index in [1.165, 1.54) is 5.56 Å². The van der Waals surface area contributed by atoms with Crippen molar-refractivity contribution in [1.29, 1.82) is 0 Å². The molecule has 0 fully saturated rings. The summed E-state index contributed by atoms with van der Waals surface area (Å²) < 4.78 is 1.99. The Kier molecular flexibility index (Phi) is 4.95. The normalized spacial score (nSPS) is 11.0. The van der Waals surface area contributed by atoms with Gasteiger partial charge in [-0.25, -0.2) is 9.67 Å². The Labute approximate surface area is 156 Å². The summed E-state index contributed by atoms with van der Waals surface area (Å²) in [5, 5.41) is 18.6. The molecule has 27 heavy (non-hydrogen) atoms. The Hall–Kier alpha value is -3.42. The van der Waals surface area contributed by atoms with E-state index in [0.29, 0.717) is 5.82 Å². The van der Waals surface area contributed by atoms with Crippen LogP contribution in [0.25, 0.3) is 22.5 Å². The first-order chi connectivity index (χ1) is 13.3. The molecule has 3 heterocycles. The number of hydrogen-bond acceptors (Lipinski definition) is 6. The average molecular weight is 360 g/mol. The molecular formula is C19H20N8. The largest absolute Gasteiger partial charge is 0.264 e. The highest BCUT2D eigenvalue weighted by Gasteiger charge is 2.12. The summed E-state index contributed by atoms with van der Waals surface area (Å²) in [5.41, 5.74) is 4.13. The van der Waals surface area contributed by atoms with Gasteiger partial charge in [-0.1, -0.05) is 37.6 Å². The van der Waals surface area contributed by atoms with Gasteiger partial charge in [0.25, 0.3) is 0 Å².